The van der Waals surface area contributed by atoms with Crippen molar-refractivity contribution in [3.63, 3.8) is 0 Å². The minimum atomic E-state index is -0.232. The van der Waals surface area contributed by atoms with Gasteiger partial charge in [0.1, 0.15) is 11.5 Å². The van der Waals surface area contributed by atoms with Gasteiger partial charge in [-0.3, -0.25) is 4.79 Å². The van der Waals surface area contributed by atoms with Crippen molar-refractivity contribution >= 4 is 5.78 Å². The Kier molecular flexibility index (Phi) is 4.26. The molecule has 0 aromatic heterocycles. The highest BCUT2D eigenvalue weighted by molar-refractivity contribution is 5.82. The Morgan fingerprint density at radius 2 is 2.18 bits per heavy atom. The first-order chi connectivity index (χ1) is 10.5. The van der Waals surface area contributed by atoms with Gasteiger partial charge in [-0.25, -0.2) is 0 Å². The molecule has 2 aliphatic rings. The van der Waals surface area contributed by atoms with Crippen LogP contribution in [0.25, 0.3) is 0 Å². The van der Waals surface area contributed by atoms with E-state index in [4.69, 9.17) is 4.74 Å². The molecule has 4 atom stereocenters. The van der Waals surface area contributed by atoms with Gasteiger partial charge < -0.3 is 9.84 Å². The normalized spacial score (nSPS) is 34.5. The minimum absolute atomic E-state index is 0.0487. The lowest BCUT2D eigenvalue weighted by Gasteiger charge is -2.42. The number of rotatable bonds is 4. The summed E-state index contributed by atoms with van der Waals surface area (Å²) in [6, 6.07) is 8.09. The molecule has 2 fully saturated rings. The average molecular weight is 302 g/mol. The van der Waals surface area contributed by atoms with E-state index < -0.39 is 0 Å². The van der Waals surface area contributed by atoms with Crippen molar-refractivity contribution in [3.8, 4) is 5.75 Å². The fourth-order valence-corrected chi connectivity index (χ4v) is 4.57. The predicted molar refractivity (Wildman–Crippen MR) is 85.9 cm³/mol. The SMILES string of the molecule is COc1cccc(CCC2C(=O)CCC3(C)C(O)CCC23)c1. The molecule has 2 saturated carbocycles. The number of aryl methyl sites for hydroxylation is 1. The van der Waals surface area contributed by atoms with Crippen molar-refractivity contribution in [1.82, 2.24) is 0 Å². The Morgan fingerprint density at radius 1 is 1.36 bits per heavy atom. The van der Waals surface area contributed by atoms with Gasteiger partial charge in [0.2, 0.25) is 0 Å². The molecule has 0 bridgehead atoms. The molecule has 3 rings (SSSR count). The van der Waals surface area contributed by atoms with Crippen molar-refractivity contribution in [3.05, 3.63) is 29.8 Å². The van der Waals surface area contributed by atoms with Gasteiger partial charge in [-0.05, 0) is 61.1 Å². The van der Waals surface area contributed by atoms with Crippen LogP contribution in [0.15, 0.2) is 24.3 Å². The number of aliphatic hydroxyl groups excluding tert-OH is 1. The fourth-order valence-electron chi connectivity index (χ4n) is 4.57. The molecule has 0 aliphatic heterocycles. The van der Waals surface area contributed by atoms with Gasteiger partial charge in [0.25, 0.3) is 0 Å². The quantitative estimate of drug-likeness (QED) is 0.927. The third-order valence-electron chi connectivity index (χ3n) is 6.05. The Bertz CT molecular complexity index is 553. The van der Waals surface area contributed by atoms with Crippen LogP contribution in [-0.2, 0) is 11.2 Å². The number of ether oxygens (including phenoxy) is 1. The van der Waals surface area contributed by atoms with E-state index in [1.807, 2.05) is 12.1 Å². The lowest BCUT2D eigenvalue weighted by atomic mass is 9.62. The smallest absolute Gasteiger partial charge is 0.136 e. The van der Waals surface area contributed by atoms with E-state index in [2.05, 4.69) is 19.1 Å². The fraction of sp³-hybridized carbons (Fsp3) is 0.632. The number of hydrogen-bond acceptors (Lipinski definition) is 3. The first kappa shape index (κ1) is 15.5. The van der Waals surface area contributed by atoms with E-state index in [0.717, 1.165) is 37.9 Å². The van der Waals surface area contributed by atoms with Crippen LogP contribution in [0.4, 0.5) is 0 Å². The molecule has 3 nitrogen and oxygen atoms in total. The summed E-state index contributed by atoms with van der Waals surface area (Å²) in [7, 11) is 1.68. The molecule has 120 valence electrons. The molecule has 22 heavy (non-hydrogen) atoms. The third-order valence-corrected chi connectivity index (χ3v) is 6.05. The lowest BCUT2D eigenvalue weighted by Crippen LogP contribution is -2.43. The monoisotopic (exact) mass is 302 g/mol. The highest BCUT2D eigenvalue weighted by atomic mass is 16.5. The molecule has 0 heterocycles. The van der Waals surface area contributed by atoms with Crippen LogP contribution in [0.3, 0.4) is 0 Å². The molecule has 4 unspecified atom stereocenters. The van der Waals surface area contributed by atoms with Gasteiger partial charge in [-0.15, -0.1) is 0 Å². The van der Waals surface area contributed by atoms with E-state index in [1.54, 1.807) is 7.11 Å². The standard InChI is InChI=1S/C19H26O3/c1-19-11-10-17(20)15(16(19)8-9-18(19)21)7-6-13-4-3-5-14(12-13)22-2/h3-5,12,15-16,18,21H,6-11H2,1-2H3. The molecule has 1 aromatic rings. The molecule has 1 N–H and O–H groups in total. The lowest BCUT2D eigenvalue weighted by molar-refractivity contribution is -0.133. The molecule has 0 spiro atoms. The van der Waals surface area contributed by atoms with Crippen molar-refractivity contribution in [1.29, 1.82) is 0 Å². The van der Waals surface area contributed by atoms with Gasteiger partial charge in [0.05, 0.1) is 13.2 Å². The van der Waals surface area contributed by atoms with Gasteiger partial charge in [-0.1, -0.05) is 19.1 Å². The largest absolute Gasteiger partial charge is 0.497 e. The summed E-state index contributed by atoms with van der Waals surface area (Å²) < 4.78 is 5.27. The van der Waals surface area contributed by atoms with Gasteiger partial charge in [0, 0.05) is 12.3 Å². The van der Waals surface area contributed by atoms with E-state index in [0.29, 0.717) is 18.1 Å². The Hall–Kier alpha value is -1.35. The maximum Gasteiger partial charge on any atom is 0.136 e. The van der Waals surface area contributed by atoms with Crippen LogP contribution in [0.5, 0.6) is 5.75 Å². The Morgan fingerprint density at radius 3 is 2.95 bits per heavy atom. The van der Waals surface area contributed by atoms with Crippen LogP contribution < -0.4 is 4.74 Å². The highest BCUT2D eigenvalue weighted by Crippen LogP contribution is 2.54. The number of carbonyl (C=O) groups excluding carboxylic acids is 1. The van der Waals surface area contributed by atoms with Crippen LogP contribution >= 0.6 is 0 Å². The van der Waals surface area contributed by atoms with Crippen LogP contribution in [0, 0.1) is 17.3 Å². The van der Waals surface area contributed by atoms with Crippen LogP contribution in [-0.4, -0.2) is 24.1 Å². The predicted octanol–water partition coefficient (Wildman–Crippen LogP) is 3.38. The van der Waals surface area contributed by atoms with Gasteiger partial charge in [0.15, 0.2) is 0 Å². The molecule has 3 heteroatoms. The minimum Gasteiger partial charge on any atom is -0.497 e. The van der Waals surface area contributed by atoms with Gasteiger partial charge in [-0.2, -0.15) is 0 Å². The van der Waals surface area contributed by atoms with Crippen LogP contribution in [0.1, 0.15) is 44.6 Å². The van der Waals surface area contributed by atoms with E-state index >= 15 is 0 Å². The number of methoxy groups -OCH3 is 1. The van der Waals surface area contributed by atoms with Crippen molar-refractivity contribution in [2.24, 2.45) is 17.3 Å². The third kappa shape index (κ3) is 2.67. The topological polar surface area (TPSA) is 46.5 Å². The Balaban J connectivity index is 1.71. The number of carbonyl (C=O) groups is 1. The second kappa shape index (κ2) is 6.04. The van der Waals surface area contributed by atoms with E-state index in [-0.39, 0.29) is 17.4 Å². The molecular formula is C19H26O3. The van der Waals surface area contributed by atoms with Gasteiger partial charge >= 0.3 is 0 Å². The summed E-state index contributed by atoms with van der Waals surface area (Å²) in [5.74, 6) is 1.74. The van der Waals surface area contributed by atoms with Crippen molar-refractivity contribution < 1.29 is 14.6 Å². The van der Waals surface area contributed by atoms with Crippen LogP contribution in [0.2, 0.25) is 0 Å². The first-order valence-electron chi connectivity index (χ1n) is 8.38. The number of hydrogen-bond donors (Lipinski definition) is 1. The van der Waals surface area contributed by atoms with E-state index in [1.165, 1.54) is 5.56 Å². The average Bonchev–Trinajstić information content (AvgIpc) is 2.83. The highest BCUT2D eigenvalue weighted by Gasteiger charge is 2.52. The molecule has 1 aromatic carbocycles. The zero-order valence-electron chi connectivity index (χ0n) is 13.5. The number of Topliss-reactive ketones (excluding diaryl/α,β-unsaturated/α-hetero) is 1. The zero-order valence-corrected chi connectivity index (χ0v) is 13.5. The van der Waals surface area contributed by atoms with E-state index in [9.17, 15) is 9.90 Å². The Labute approximate surface area is 132 Å². The number of fused-ring (bicyclic) bond motifs is 1. The second-order valence-electron chi connectivity index (χ2n) is 7.17. The maximum atomic E-state index is 12.4. The summed E-state index contributed by atoms with van der Waals surface area (Å²) >= 11 is 0. The van der Waals surface area contributed by atoms with Crippen molar-refractivity contribution in [2.45, 2.75) is 51.6 Å². The summed E-state index contributed by atoms with van der Waals surface area (Å²) in [6.45, 7) is 2.18. The summed E-state index contributed by atoms with van der Waals surface area (Å²) in [6.07, 6.45) is 4.89. The number of aliphatic hydroxyl groups is 1. The first-order valence-corrected chi connectivity index (χ1v) is 8.38. The summed E-state index contributed by atoms with van der Waals surface area (Å²) in [4.78, 5) is 12.4. The summed E-state index contributed by atoms with van der Waals surface area (Å²) in [5.41, 5.74) is 1.17. The zero-order chi connectivity index (χ0) is 15.7. The second-order valence-corrected chi connectivity index (χ2v) is 7.17. The number of ketones is 1. The molecule has 0 radical (unpaired) electrons. The molecule has 0 amide bonds. The summed E-state index contributed by atoms with van der Waals surface area (Å²) in [5, 5.41) is 10.3. The molecule has 0 saturated heterocycles. The number of benzene rings is 1. The molecular weight excluding hydrogens is 276 g/mol. The molecule has 2 aliphatic carbocycles. The van der Waals surface area contributed by atoms with Crippen molar-refractivity contribution in [2.75, 3.05) is 7.11 Å². The maximum absolute atomic E-state index is 12.4.